The van der Waals surface area contributed by atoms with Crippen molar-refractivity contribution in [2.24, 2.45) is 0 Å². The van der Waals surface area contributed by atoms with Gasteiger partial charge in [0.25, 0.3) is 0 Å². The van der Waals surface area contributed by atoms with Gasteiger partial charge in [-0.1, -0.05) is 12.1 Å². The predicted octanol–water partition coefficient (Wildman–Crippen LogP) is 2.37. The zero-order valence-corrected chi connectivity index (χ0v) is 10.4. The normalized spacial score (nSPS) is 10.6. The molecule has 0 unspecified atom stereocenters. The molecule has 0 aliphatic rings. The molecule has 0 fully saturated rings. The first-order valence-corrected chi connectivity index (χ1v) is 5.82. The Hall–Kier alpha value is -2.04. The number of aromatic nitrogens is 3. The number of nitrogens with zero attached hydrogens (tertiary/aromatic N) is 3. The molecule has 0 saturated carbocycles. The Kier molecular flexibility index (Phi) is 3.50. The molecule has 0 aliphatic heterocycles. The van der Waals surface area contributed by atoms with Crippen molar-refractivity contribution in [1.29, 1.82) is 0 Å². The quantitative estimate of drug-likeness (QED) is 0.779. The Balaban J connectivity index is 2.38. The van der Waals surface area contributed by atoms with E-state index in [0.717, 1.165) is 6.42 Å². The third-order valence-electron chi connectivity index (χ3n) is 2.59. The Bertz CT molecular complexity index is 557. The summed E-state index contributed by atoms with van der Waals surface area (Å²) >= 11 is 0. The first kappa shape index (κ1) is 12.4. The van der Waals surface area contributed by atoms with Gasteiger partial charge in [0.1, 0.15) is 11.5 Å². The molecule has 1 heterocycles. The van der Waals surface area contributed by atoms with Crippen LogP contribution in [0, 0.1) is 12.7 Å². The smallest absolute Gasteiger partial charge is 0.212 e. The Morgan fingerprint density at radius 3 is 2.83 bits per heavy atom. The molecule has 0 aliphatic carbocycles. The van der Waals surface area contributed by atoms with Gasteiger partial charge >= 0.3 is 0 Å². The SMILES string of the molecule is CCCn1nncc1C(=O)c1cc(C)cc(F)c1. The van der Waals surface area contributed by atoms with Crippen molar-refractivity contribution in [3.63, 3.8) is 0 Å². The largest absolute Gasteiger partial charge is 0.287 e. The minimum absolute atomic E-state index is 0.254. The lowest BCUT2D eigenvalue weighted by molar-refractivity contribution is 0.102. The Morgan fingerprint density at radius 1 is 1.39 bits per heavy atom. The number of rotatable bonds is 4. The Labute approximate surface area is 104 Å². The van der Waals surface area contributed by atoms with Gasteiger partial charge in [-0.3, -0.25) is 4.79 Å². The van der Waals surface area contributed by atoms with Crippen LogP contribution in [0.3, 0.4) is 0 Å². The molecule has 18 heavy (non-hydrogen) atoms. The summed E-state index contributed by atoms with van der Waals surface area (Å²) in [7, 11) is 0. The summed E-state index contributed by atoms with van der Waals surface area (Å²) in [4.78, 5) is 12.2. The van der Waals surface area contributed by atoms with Crippen molar-refractivity contribution < 1.29 is 9.18 Å². The molecule has 5 heteroatoms. The van der Waals surface area contributed by atoms with Crippen LogP contribution in [0.25, 0.3) is 0 Å². The molecule has 4 nitrogen and oxygen atoms in total. The van der Waals surface area contributed by atoms with E-state index < -0.39 is 5.82 Å². The molecule has 1 aromatic heterocycles. The molecule has 0 N–H and O–H groups in total. The monoisotopic (exact) mass is 247 g/mol. The highest BCUT2D eigenvalue weighted by Gasteiger charge is 2.16. The van der Waals surface area contributed by atoms with Gasteiger partial charge < -0.3 is 0 Å². The van der Waals surface area contributed by atoms with E-state index in [1.165, 1.54) is 18.3 Å². The van der Waals surface area contributed by atoms with Gasteiger partial charge in [-0.05, 0) is 37.1 Å². The molecule has 0 spiro atoms. The average Bonchev–Trinajstić information content (AvgIpc) is 2.75. The number of aryl methyl sites for hydroxylation is 2. The molecule has 0 atom stereocenters. The van der Waals surface area contributed by atoms with E-state index in [1.54, 1.807) is 17.7 Å². The summed E-state index contributed by atoms with van der Waals surface area (Å²) < 4.78 is 14.8. The number of benzene rings is 1. The highest BCUT2D eigenvalue weighted by molar-refractivity contribution is 6.07. The molecular formula is C13H14FN3O. The first-order chi connectivity index (χ1) is 8.61. The number of halogens is 1. The lowest BCUT2D eigenvalue weighted by Crippen LogP contribution is -2.12. The summed E-state index contributed by atoms with van der Waals surface area (Å²) in [6.45, 7) is 4.36. The average molecular weight is 247 g/mol. The highest BCUT2D eigenvalue weighted by atomic mass is 19.1. The molecule has 0 saturated heterocycles. The van der Waals surface area contributed by atoms with Gasteiger partial charge in [0.05, 0.1) is 6.20 Å². The van der Waals surface area contributed by atoms with Gasteiger partial charge in [0, 0.05) is 12.1 Å². The molecule has 0 amide bonds. The van der Waals surface area contributed by atoms with Crippen LogP contribution >= 0.6 is 0 Å². The number of carbonyl (C=O) groups excluding carboxylic acids is 1. The van der Waals surface area contributed by atoms with E-state index in [2.05, 4.69) is 10.3 Å². The molecule has 94 valence electrons. The van der Waals surface area contributed by atoms with Crippen LogP contribution in [0.2, 0.25) is 0 Å². The van der Waals surface area contributed by atoms with E-state index >= 15 is 0 Å². The van der Waals surface area contributed by atoms with Crippen LogP contribution in [-0.2, 0) is 6.54 Å². The van der Waals surface area contributed by atoms with Crippen LogP contribution in [0.4, 0.5) is 4.39 Å². The van der Waals surface area contributed by atoms with Crippen LogP contribution in [-0.4, -0.2) is 20.8 Å². The van der Waals surface area contributed by atoms with E-state index in [9.17, 15) is 9.18 Å². The van der Waals surface area contributed by atoms with Crippen LogP contribution in [0.15, 0.2) is 24.4 Å². The topological polar surface area (TPSA) is 47.8 Å². The van der Waals surface area contributed by atoms with E-state index in [1.807, 2.05) is 6.92 Å². The van der Waals surface area contributed by atoms with Crippen LogP contribution in [0.5, 0.6) is 0 Å². The zero-order valence-electron chi connectivity index (χ0n) is 10.4. The van der Waals surface area contributed by atoms with Crippen molar-refractivity contribution in [1.82, 2.24) is 15.0 Å². The molecule has 2 aromatic rings. The molecule has 0 radical (unpaired) electrons. The lowest BCUT2D eigenvalue weighted by Gasteiger charge is -2.05. The minimum Gasteiger partial charge on any atom is -0.287 e. The fourth-order valence-electron chi connectivity index (χ4n) is 1.83. The third kappa shape index (κ3) is 2.45. The Morgan fingerprint density at radius 2 is 2.17 bits per heavy atom. The minimum atomic E-state index is -0.409. The van der Waals surface area contributed by atoms with E-state index in [0.29, 0.717) is 23.4 Å². The highest BCUT2D eigenvalue weighted by Crippen LogP contribution is 2.13. The molecular weight excluding hydrogens is 233 g/mol. The standard InChI is InChI=1S/C13H14FN3O/c1-3-4-17-12(8-15-16-17)13(18)10-5-9(2)6-11(14)7-10/h5-8H,3-4H2,1-2H3. The van der Waals surface area contributed by atoms with Gasteiger partial charge in [-0.25, -0.2) is 9.07 Å². The van der Waals surface area contributed by atoms with Crippen molar-refractivity contribution in [3.05, 3.63) is 47.0 Å². The van der Waals surface area contributed by atoms with Crippen LogP contribution < -0.4 is 0 Å². The zero-order chi connectivity index (χ0) is 13.1. The molecule has 2 rings (SSSR count). The van der Waals surface area contributed by atoms with Gasteiger partial charge in [-0.15, -0.1) is 5.10 Å². The number of ketones is 1. The van der Waals surface area contributed by atoms with Crippen molar-refractivity contribution >= 4 is 5.78 Å². The summed E-state index contributed by atoms with van der Waals surface area (Å²) in [5.74, 6) is -0.663. The summed E-state index contributed by atoms with van der Waals surface area (Å²) in [6.07, 6.45) is 2.27. The van der Waals surface area contributed by atoms with Crippen molar-refractivity contribution in [3.8, 4) is 0 Å². The second-order valence-corrected chi connectivity index (χ2v) is 4.19. The van der Waals surface area contributed by atoms with Gasteiger partial charge in [0.2, 0.25) is 5.78 Å². The maximum atomic E-state index is 13.3. The van der Waals surface area contributed by atoms with Crippen LogP contribution in [0.1, 0.15) is 35.0 Å². The predicted molar refractivity (Wildman–Crippen MR) is 64.9 cm³/mol. The van der Waals surface area contributed by atoms with Gasteiger partial charge in [0.15, 0.2) is 0 Å². The molecule has 1 aromatic carbocycles. The maximum absolute atomic E-state index is 13.3. The summed E-state index contributed by atoms with van der Waals surface area (Å²) in [5.41, 5.74) is 1.43. The second kappa shape index (κ2) is 5.08. The number of hydrogen-bond acceptors (Lipinski definition) is 3. The molecule has 0 bridgehead atoms. The third-order valence-corrected chi connectivity index (χ3v) is 2.59. The fraction of sp³-hybridized carbons (Fsp3) is 0.308. The second-order valence-electron chi connectivity index (χ2n) is 4.19. The lowest BCUT2D eigenvalue weighted by atomic mass is 10.1. The van der Waals surface area contributed by atoms with Gasteiger partial charge in [-0.2, -0.15) is 0 Å². The van der Waals surface area contributed by atoms with E-state index in [-0.39, 0.29) is 5.78 Å². The van der Waals surface area contributed by atoms with Crippen molar-refractivity contribution in [2.45, 2.75) is 26.8 Å². The summed E-state index contributed by atoms with van der Waals surface area (Å²) in [5, 5.41) is 7.58. The number of hydrogen-bond donors (Lipinski definition) is 0. The van der Waals surface area contributed by atoms with E-state index in [4.69, 9.17) is 0 Å². The number of carbonyl (C=O) groups is 1. The summed E-state index contributed by atoms with van der Waals surface area (Å²) in [6, 6.07) is 4.28. The maximum Gasteiger partial charge on any atom is 0.212 e. The fourth-order valence-corrected chi connectivity index (χ4v) is 1.83. The first-order valence-electron chi connectivity index (χ1n) is 5.82. The van der Waals surface area contributed by atoms with Crippen molar-refractivity contribution in [2.75, 3.05) is 0 Å².